The number of hydrogen-bond acceptors (Lipinski definition) is 4. The van der Waals surface area contributed by atoms with Gasteiger partial charge >= 0.3 is 0 Å². The summed E-state index contributed by atoms with van der Waals surface area (Å²) in [6.07, 6.45) is 7.38. The van der Waals surface area contributed by atoms with E-state index < -0.39 is 0 Å². The predicted octanol–water partition coefficient (Wildman–Crippen LogP) is 1.31. The van der Waals surface area contributed by atoms with Crippen molar-refractivity contribution in [1.82, 2.24) is 14.9 Å². The third kappa shape index (κ3) is 3.23. The molecule has 0 aromatic carbocycles. The van der Waals surface area contributed by atoms with Gasteiger partial charge in [0.25, 0.3) is 0 Å². The van der Waals surface area contributed by atoms with Gasteiger partial charge in [-0.25, -0.2) is 9.97 Å². The van der Waals surface area contributed by atoms with Crippen molar-refractivity contribution in [1.29, 1.82) is 0 Å². The Kier molecular flexibility index (Phi) is 4.07. The normalized spacial score (nSPS) is 20.1. The van der Waals surface area contributed by atoms with E-state index in [1.165, 1.54) is 18.5 Å². The molecule has 0 radical (unpaired) electrons. The Hall–Kier alpha value is -1.00. The lowest BCUT2D eigenvalue weighted by molar-refractivity contribution is 0.409. The summed E-state index contributed by atoms with van der Waals surface area (Å²) in [5, 5.41) is 0. The molecule has 2 rings (SSSR count). The molecule has 0 saturated heterocycles. The Balaban J connectivity index is 2.15. The topological polar surface area (TPSA) is 55.0 Å². The van der Waals surface area contributed by atoms with Crippen LogP contribution in [0, 0.1) is 0 Å². The zero-order valence-corrected chi connectivity index (χ0v) is 10.8. The van der Waals surface area contributed by atoms with E-state index in [0.29, 0.717) is 0 Å². The molecule has 1 aromatic rings. The molecule has 1 heterocycles. The number of fused-ring (bicyclic) bond motifs is 1. The molecule has 2 N–H and O–H groups in total. The summed E-state index contributed by atoms with van der Waals surface area (Å²) in [4.78, 5) is 11.3. The Labute approximate surface area is 103 Å². The first-order valence-corrected chi connectivity index (χ1v) is 6.42. The predicted molar refractivity (Wildman–Crippen MR) is 68.8 cm³/mol. The highest BCUT2D eigenvalue weighted by Crippen LogP contribution is 2.24. The highest BCUT2D eigenvalue weighted by molar-refractivity contribution is 5.23. The largest absolute Gasteiger partial charge is 0.324 e. The summed E-state index contributed by atoms with van der Waals surface area (Å²) in [5.41, 5.74) is 8.47. The summed E-state index contributed by atoms with van der Waals surface area (Å²) in [5.74, 6) is 0.951. The van der Waals surface area contributed by atoms with Crippen LogP contribution in [0.3, 0.4) is 0 Å². The van der Waals surface area contributed by atoms with E-state index in [1.54, 1.807) is 0 Å². The zero-order valence-electron chi connectivity index (χ0n) is 10.8. The van der Waals surface area contributed by atoms with Gasteiger partial charge in [0.05, 0.1) is 0 Å². The van der Waals surface area contributed by atoms with Gasteiger partial charge in [-0.1, -0.05) is 6.42 Å². The van der Waals surface area contributed by atoms with Gasteiger partial charge in [-0.15, -0.1) is 0 Å². The highest BCUT2D eigenvalue weighted by Gasteiger charge is 2.17. The fourth-order valence-corrected chi connectivity index (χ4v) is 2.23. The van der Waals surface area contributed by atoms with Crippen LogP contribution in [0.2, 0.25) is 0 Å². The van der Waals surface area contributed by atoms with Crippen molar-refractivity contribution >= 4 is 0 Å². The number of hydrogen-bond donors (Lipinski definition) is 1. The van der Waals surface area contributed by atoms with Crippen LogP contribution in [0.5, 0.6) is 0 Å². The number of aryl methyl sites for hydroxylation is 1. The van der Waals surface area contributed by atoms with Gasteiger partial charge in [0, 0.05) is 36.5 Å². The van der Waals surface area contributed by atoms with Crippen molar-refractivity contribution in [3.8, 4) is 0 Å². The van der Waals surface area contributed by atoms with Crippen molar-refractivity contribution in [3.63, 3.8) is 0 Å². The molecular weight excluding hydrogens is 212 g/mol. The van der Waals surface area contributed by atoms with Gasteiger partial charge in [-0.05, 0) is 33.4 Å². The molecule has 0 saturated carbocycles. The van der Waals surface area contributed by atoms with E-state index in [2.05, 4.69) is 29.0 Å². The third-order valence-electron chi connectivity index (χ3n) is 3.31. The number of nitrogens with zero attached hydrogens (tertiary/aromatic N) is 3. The maximum absolute atomic E-state index is 6.13. The van der Waals surface area contributed by atoms with Gasteiger partial charge in [-0.2, -0.15) is 0 Å². The second-order valence-electron chi connectivity index (χ2n) is 5.09. The lowest BCUT2D eigenvalue weighted by atomic mass is 10.1. The average Bonchev–Trinajstić information content (AvgIpc) is 2.49. The van der Waals surface area contributed by atoms with E-state index in [0.717, 1.165) is 37.2 Å². The quantitative estimate of drug-likeness (QED) is 0.801. The molecule has 0 bridgehead atoms. The van der Waals surface area contributed by atoms with Crippen LogP contribution < -0.4 is 5.73 Å². The minimum atomic E-state index is 0.135. The molecule has 4 heteroatoms. The number of rotatable bonds is 3. The summed E-state index contributed by atoms with van der Waals surface area (Å²) in [6.45, 7) is 0.991. The number of nitrogens with two attached hydrogens (primary N) is 1. The smallest absolute Gasteiger partial charge is 0.129 e. The van der Waals surface area contributed by atoms with E-state index in [4.69, 9.17) is 5.73 Å². The summed E-state index contributed by atoms with van der Waals surface area (Å²) < 4.78 is 0. The minimum absolute atomic E-state index is 0.135. The molecule has 94 valence electrons. The zero-order chi connectivity index (χ0) is 12.3. The summed E-state index contributed by atoms with van der Waals surface area (Å²) in [7, 11) is 4.14. The first-order valence-electron chi connectivity index (χ1n) is 6.42. The fourth-order valence-electron chi connectivity index (χ4n) is 2.23. The molecule has 0 spiro atoms. The minimum Gasteiger partial charge on any atom is -0.324 e. The van der Waals surface area contributed by atoms with Gasteiger partial charge in [-0.3, -0.25) is 0 Å². The van der Waals surface area contributed by atoms with Crippen LogP contribution in [-0.2, 0) is 12.8 Å². The van der Waals surface area contributed by atoms with Gasteiger partial charge < -0.3 is 10.6 Å². The number of likely N-dealkylation sites (N-methyl/N-ethyl adjacent to an activating group) is 1. The van der Waals surface area contributed by atoms with Crippen LogP contribution in [-0.4, -0.2) is 35.5 Å². The van der Waals surface area contributed by atoms with E-state index >= 15 is 0 Å². The standard InChI is InChI=1S/C13H22N4/c1-17(2)8-7-13-15-9-10-11(14)5-3-4-6-12(10)16-13/h9,11H,3-8,14H2,1-2H3. The lowest BCUT2D eigenvalue weighted by Crippen LogP contribution is -2.18. The maximum Gasteiger partial charge on any atom is 0.129 e. The average molecular weight is 234 g/mol. The lowest BCUT2D eigenvalue weighted by Gasteiger charge is -2.13. The van der Waals surface area contributed by atoms with Gasteiger partial charge in [0.1, 0.15) is 5.82 Å². The van der Waals surface area contributed by atoms with Crippen molar-refractivity contribution in [3.05, 3.63) is 23.3 Å². The van der Waals surface area contributed by atoms with E-state index in [-0.39, 0.29) is 6.04 Å². The SMILES string of the molecule is CN(C)CCc1ncc2c(n1)CCCCC2N. The van der Waals surface area contributed by atoms with Gasteiger partial charge in [0.2, 0.25) is 0 Å². The fraction of sp³-hybridized carbons (Fsp3) is 0.692. The van der Waals surface area contributed by atoms with E-state index in [1.807, 2.05) is 6.20 Å². The van der Waals surface area contributed by atoms with Crippen LogP contribution in [0.25, 0.3) is 0 Å². The van der Waals surface area contributed by atoms with Crippen molar-refractivity contribution in [2.75, 3.05) is 20.6 Å². The molecule has 1 aliphatic rings. The second-order valence-corrected chi connectivity index (χ2v) is 5.09. The maximum atomic E-state index is 6.13. The Bertz CT molecular complexity index is 376. The molecule has 1 unspecified atom stereocenters. The first-order chi connectivity index (χ1) is 8.16. The van der Waals surface area contributed by atoms with Gasteiger partial charge in [0.15, 0.2) is 0 Å². The Morgan fingerprint density at radius 2 is 2.24 bits per heavy atom. The summed E-state index contributed by atoms with van der Waals surface area (Å²) >= 11 is 0. The Morgan fingerprint density at radius 1 is 1.41 bits per heavy atom. The van der Waals surface area contributed by atoms with Crippen molar-refractivity contribution in [2.24, 2.45) is 5.73 Å². The highest BCUT2D eigenvalue weighted by atomic mass is 15.1. The van der Waals surface area contributed by atoms with Crippen LogP contribution in [0.15, 0.2) is 6.20 Å². The molecule has 0 amide bonds. The molecule has 1 aromatic heterocycles. The van der Waals surface area contributed by atoms with Crippen LogP contribution in [0.1, 0.15) is 42.4 Å². The van der Waals surface area contributed by atoms with Crippen LogP contribution in [0.4, 0.5) is 0 Å². The van der Waals surface area contributed by atoms with Crippen molar-refractivity contribution in [2.45, 2.75) is 38.1 Å². The van der Waals surface area contributed by atoms with Crippen molar-refractivity contribution < 1.29 is 0 Å². The molecular formula is C13H22N4. The Morgan fingerprint density at radius 3 is 3.00 bits per heavy atom. The molecule has 1 atom stereocenters. The second kappa shape index (κ2) is 5.56. The molecule has 4 nitrogen and oxygen atoms in total. The number of aromatic nitrogens is 2. The molecule has 17 heavy (non-hydrogen) atoms. The molecule has 0 aliphatic heterocycles. The van der Waals surface area contributed by atoms with E-state index in [9.17, 15) is 0 Å². The summed E-state index contributed by atoms with van der Waals surface area (Å²) in [6, 6.07) is 0.135. The third-order valence-corrected chi connectivity index (χ3v) is 3.31. The monoisotopic (exact) mass is 234 g/mol. The molecule has 0 fully saturated rings. The molecule has 1 aliphatic carbocycles. The first kappa shape index (κ1) is 12.5. The van der Waals surface area contributed by atoms with Crippen LogP contribution >= 0.6 is 0 Å².